The molecule has 0 heterocycles. The zero-order chi connectivity index (χ0) is 17.6. The summed E-state index contributed by atoms with van der Waals surface area (Å²) in [5.74, 6) is 0.599. The van der Waals surface area contributed by atoms with Crippen LogP contribution in [0.25, 0.3) is 11.1 Å². The fourth-order valence-electron chi connectivity index (χ4n) is 4.78. The van der Waals surface area contributed by atoms with Gasteiger partial charge < -0.3 is 0 Å². The van der Waals surface area contributed by atoms with Crippen molar-refractivity contribution in [2.45, 2.75) is 53.4 Å². The maximum absolute atomic E-state index is 2.39. The van der Waals surface area contributed by atoms with Crippen LogP contribution in [0.4, 0.5) is 0 Å². The number of fused-ring (bicyclic) bond motifs is 2. The molecule has 3 aliphatic rings. The molecule has 1 atom stereocenters. The van der Waals surface area contributed by atoms with E-state index in [0.717, 1.165) is 6.42 Å². The summed E-state index contributed by atoms with van der Waals surface area (Å²) in [5.41, 5.74) is 10.8. The van der Waals surface area contributed by atoms with Gasteiger partial charge in [-0.3, -0.25) is 0 Å². The molecule has 128 valence electrons. The maximum atomic E-state index is 2.39. The molecule has 0 spiro atoms. The summed E-state index contributed by atoms with van der Waals surface area (Å²) in [4.78, 5) is 0. The van der Waals surface area contributed by atoms with Gasteiger partial charge >= 0.3 is 0 Å². The van der Waals surface area contributed by atoms with Crippen LogP contribution in [0.2, 0.25) is 0 Å². The molecule has 1 aromatic rings. The van der Waals surface area contributed by atoms with E-state index in [4.69, 9.17) is 0 Å². The van der Waals surface area contributed by atoms with Crippen LogP contribution in [-0.4, -0.2) is 0 Å². The molecule has 0 radical (unpaired) electrons. The van der Waals surface area contributed by atoms with Gasteiger partial charge in [0.15, 0.2) is 0 Å². The zero-order valence-electron chi connectivity index (χ0n) is 15.9. The highest BCUT2D eigenvalue weighted by Gasteiger charge is 2.24. The number of hydrogen-bond acceptors (Lipinski definition) is 0. The molecule has 0 aliphatic heterocycles. The molecule has 25 heavy (non-hydrogen) atoms. The summed E-state index contributed by atoms with van der Waals surface area (Å²) in [6, 6.07) is 8.96. The summed E-state index contributed by atoms with van der Waals surface area (Å²) in [5, 5.41) is 2.97. The average molecular weight is 328 g/mol. The normalized spacial score (nSPS) is 21.9. The van der Waals surface area contributed by atoms with E-state index in [-0.39, 0.29) is 0 Å². The van der Waals surface area contributed by atoms with Crippen molar-refractivity contribution in [2.75, 3.05) is 0 Å². The van der Waals surface area contributed by atoms with Crippen LogP contribution in [-0.2, 0) is 0 Å². The van der Waals surface area contributed by atoms with Crippen molar-refractivity contribution in [1.82, 2.24) is 0 Å². The Kier molecular flexibility index (Phi) is 4.15. The quantitative estimate of drug-likeness (QED) is 0.698. The number of allylic oxidation sites excluding steroid dienone is 8. The van der Waals surface area contributed by atoms with E-state index in [1.807, 2.05) is 0 Å². The molecule has 0 heteroatoms. The second-order valence-corrected chi connectivity index (χ2v) is 7.73. The van der Waals surface area contributed by atoms with E-state index < -0.39 is 0 Å². The molecular weight excluding hydrogens is 300 g/mol. The van der Waals surface area contributed by atoms with Crippen LogP contribution >= 0.6 is 0 Å². The maximum Gasteiger partial charge on any atom is -0.000576 e. The minimum Gasteiger partial charge on any atom is -0.0801 e. The summed E-state index contributed by atoms with van der Waals surface area (Å²) in [7, 11) is 0. The van der Waals surface area contributed by atoms with Gasteiger partial charge in [-0.2, -0.15) is 0 Å². The Morgan fingerprint density at radius 1 is 0.960 bits per heavy atom. The van der Waals surface area contributed by atoms with Gasteiger partial charge in [0.1, 0.15) is 0 Å². The monoisotopic (exact) mass is 328 g/mol. The molecule has 1 unspecified atom stereocenters. The Hall–Kier alpha value is -2.08. The van der Waals surface area contributed by atoms with E-state index >= 15 is 0 Å². The van der Waals surface area contributed by atoms with Crippen molar-refractivity contribution in [3.63, 3.8) is 0 Å². The third kappa shape index (κ3) is 2.59. The second-order valence-electron chi connectivity index (χ2n) is 7.73. The first kappa shape index (κ1) is 16.4. The van der Waals surface area contributed by atoms with Crippen molar-refractivity contribution in [3.05, 3.63) is 80.8 Å². The fourth-order valence-corrected chi connectivity index (χ4v) is 4.78. The first-order chi connectivity index (χ1) is 12.1. The first-order valence-electron chi connectivity index (χ1n) is 9.67. The van der Waals surface area contributed by atoms with Gasteiger partial charge in [-0.15, -0.1) is 0 Å². The van der Waals surface area contributed by atoms with E-state index in [1.165, 1.54) is 52.0 Å². The van der Waals surface area contributed by atoms with E-state index in [2.05, 4.69) is 70.2 Å². The minimum atomic E-state index is 0.599. The van der Waals surface area contributed by atoms with Crippen molar-refractivity contribution in [3.8, 4) is 0 Å². The van der Waals surface area contributed by atoms with Crippen LogP contribution < -0.4 is 10.4 Å². The summed E-state index contributed by atoms with van der Waals surface area (Å²) < 4.78 is 0. The minimum absolute atomic E-state index is 0.599. The predicted octanol–water partition coefficient (Wildman–Crippen LogP) is 5.36. The molecule has 0 nitrogen and oxygen atoms in total. The van der Waals surface area contributed by atoms with Crippen LogP contribution in [0, 0.1) is 5.92 Å². The number of hydrogen-bond donors (Lipinski definition) is 0. The van der Waals surface area contributed by atoms with Gasteiger partial charge in [0.2, 0.25) is 0 Å². The van der Waals surface area contributed by atoms with Crippen molar-refractivity contribution < 1.29 is 0 Å². The molecule has 1 aromatic carbocycles. The Morgan fingerprint density at radius 3 is 2.52 bits per heavy atom. The molecule has 0 aromatic heterocycles. The predicted molar refractivity (Wildman–Crippen MR) is 108 cm³/mol. The van der Waals surface area contributed by atoms with Gasteiger partial charge in [-0.1, -0.05) is 60.6 Å². The Labute approximate surface area is 151 Å². The van der Waals surface area contributed by atoms with E-state index in [1.54, 1.807) is 16.7 Å². The van der Waals surface area contributed by atoms with Gasteiger partial charge in [0, 0.05) is 0 Å². The molecule has 0 amide bonds. The highest BCUT2D eigenvalue weighted by atomic mass is 14.3. The fraction of sp³-hybridized carbons (Fsp3) is 0.360. The summed E-state index contributed by atoms with van der Waals surface area (Å²) in [6.45, 7) is 9.28. The van der Waals surface area contributed by atoms with Crippen LogP contribution in [0.5, 0.6) is 0 Å². The van der Waals surface area contributed by atoms with Crippen LogP contribution in [0.1, 0.15) is 53.4 Å². The first-order valence-corrected chi connectivity index (χ1v) is 9.67. The third-order valence-electron chi connectivity index (χ3n) is 6.52. The molecule has 0 bridgehead atoms. The van der Waals surface area contributed by atoms with Gasteiger partial charge in [0.25, 0.3) is 0 Å². The van der Waals surface area contributed by atoms with E-state index in [9.17, 15) is 0 Å². The smallest absolute Gasteiger partial charge is 0.000576 e. The van der Waals surface area contributed by atoms with Crippen LogP contribution in [0.15, 0.2) is 70.4 Å². The molecule has 3 aliphatic carbocycles. The van der Waals surface area contributed by atoms with Gasteiger partial charge in [-0.25, -0.2) is 0 Å². The Bertz CT molecular complexity index is 973. The molecule has 4 rings (SSSR count). The zero-order valence-corrected chi connectivity index (χ0v) is 15.9. The van der Waals surface area contributed by atoms with Crippen molar-refractivity contribution in [1.29, 1.82) is 0 Å². The lowest BCUT2D eigenvalue weighted by molar-refractivity contribution is 0.801. The lowest BCUT2D eigenvalue weighted by Gasteiger charge is -2.14. The van der Waals surface area contributed by atoms with Crippen LogP contribution in [0.3, 0.4) is 0 Å². The Balaban J connectivity index is 1.57. The molecule has 0 saturated carbocycles. The number of benzene rings is 1. The molecular formula is C25H28. The lowest BCUT2D eigenvalue weighted by atomic mass is 9.91. The topological polar surface area (TPSA) is 0 Å². The summed E-state index contributed by atoms with van der Waals surface area (Å²) in [6.07, 6.45) is 11.8. The summed E-state index contributed by atoms with van der Waals surface area (Å²) >= 11 is 0. The molecule has 0 fully saturated rings. The standard InChI is InChI=1S/C25H28/c1-16-18(3)22(24-12-7-5-10-20(16)24)14-9-15-23-19(4)17(2)21-11-6-8-13-25(21)23/h5,7-8,10-13,18H,6,9,14-15H2,1-4H3. The third-order valence-corrected chi connectivity index (χ3v) is 6.52. The highest BCUT2D eigenvalue weighted by Crippen LogP contribution is 2.41. The second kappa shape index (κ2) is 6.33. The van der Waals surface area contributed by atoms with Crippen molar-refractivity contribution in [2.24, 2.45) is 5.92 Å². The largest absolute Gasteiger partial charge is 0.0801 e. The average Bonchev–Trinajstić information content (AvgIpc) is 3.03. The SMILES string of the molecule is CC1=C(C)C(CCCC2=c3ccccc3=C(C)C2C)=C2C=CCC=C12. The van der Waals surface area contributed by atoms with Gasteiger partial charge in [0.05, 0.1) is 0 Å². The molecule has 0 saturated heterocycles. The number of rotatable bonds is 4. The lowest BCUT2D eigenvalue weighted by Crippen LogP contribution is -2.22. The Morgan fingerprint density at radius 2 is 1.72 bits per heavy atom. The van der Waals surface area contributed by atoms with Crippen molar-refractivity contribution >= 4 is 11.1 Å². The highest BCUT2D eigenvalue weighted by molar-refractivity contribution is 5.70. The van der Waals surface area contributed by atoms with Gasteiger partial charge in [-0.05, 0) is 90.7 Å². The van der Waals surface area contributed by atoms with E-state index in [0.29, 0.717) is 5.92 Å². The molecule has 0 N–H and O–H groups in total.